The highest BCUT2D eigenvalue weighted by atomic mass is 16.5. The normalized spacial score (nSPS) is 12.3. The van der Waals surface area contributed by atoms with Crippen molar-refractivity contribution in [3.63, 3.8) is 0 Å². The zero-order valence-corrected chi connectivity index (χ0v) is 12.9. The summed E-state index contributed by atoms with van der Waals surface area (Å²) in [4.78, 5) is 13.9. The van der Waals surface area contributed by atoms with Crippen LogP contribution in [0.15, 0.2) is 24.3 Å². The number of ether oxygens (including phenoxy) is 1. The lowest BCUT2D eigenvalue weighted by atomic mass is 10.0. The molecule has 0 aliphatic carbocycles. The molecular formula is C16H26N2O2. The second-order valence-electron chi connectivity index (χ2n) is 5.47. The molecule has 0 saturated carbocycles. The molecule has 0 radical (unpaired) electrons. The zero-order chi connectivity index (χ0) is 15.1. The number of carbonyl (C=O) groups is 1. The fraction of sp³-hybridized carbons (Fsp3) is 0.562. The van der Waals surface area contributed by atoms with E-state index in [-0.39, 0.29) is 5.91 Å². The first kappa shape index (κ1) is 16.5. The predicted molar refractivity (Wildman–Crippen MR) is 81.5 cm³/mol. The van der Waals surface area contributed by atoms with Gasteiger partial charge in [-0.2, -0.15) is 0 Å². The van der Waals surface area contributed by atoms with Crippen molar-refractivity contribution < 1.29 is 9.53 Å². The fourth-order valence-corrected chi connectivity index (χ4v) is 2.16. The average Bonchev–Trinajstić information content (AvgIpc) is 2.39. The summed E-state index contributed by atoms with van der Waals surface area (Å²) in [5.74, 6) is 1.22. The van der Waals surface area contributed by atoms with Crippen molar-refractivity contribution in [2.45, 2.75) is 39.8 Å². The molecule has 0 saturated heterocycles. The quantitative estimate of drug-likeness (QED) is 0.833. The Balaban J connectivity index is 2.70. The molecule has 1 aromatic rings. The van der Waals surface area contributed by atoms with Gasteiger partial charge < -0.3 is 15.4 Å². The van der Waals surface area contributed by atoms with Crippen LogP contribution in [-0.2, 0) is 11.3 Å². The van der Waals surface area contributed by atoms with Crippen molar-refractivity contribution in [2.24, 2.45) is 11.7 Å². The molecule has 1 rings (SSSR count). The van der Waals surface area contributed by atoms with Crippen molar-refractivity contribution in [1.29, 1.82) is 0 Å². The van der Waals surface area contributed by atoms with Gasteiger partial charge in [-0.15, -0.1) is 0 Å². The molecule has 4 nitrogen and oxygen atoms in total. The molecule has 1 unspecified atom stereocenters. The number of nitrogens with two attached hydrogens (primary N) is 1. The number of carbonyl (C=O) groups excluding carboxylic acids is 1. The van der Waals surface area contributed by atoms with Gasteiger partial charge in [-0.05, 0) is 25.3 Å². The summed E-state index contributed by atoms with van der Waals surface area (Å²) in [6.07, 6.45) is 0.705. The van der Waals surface area contributed by atoms with Crippen molar-refractivity contribution in [3.8, 4) is 5.75 Å². The Kier molecular flexibility index (Phi) is 6.52. The number of amides is 1. The maximum Gasteiger partial charge on any atom is 0.239 e. The van der Waals surface area contributed by atoms with Crippen molar-refractivity contribution in [2.75, 3.05) is 13.7 Å². The van der Waals surface area contributed by atoms with Gasteiger partial charge in [0.1, 0.15) is 5.75 Å². The first-order chi connectivity index (χ1) is 9.45. The fourth-order valence-electron chi connectivity index (χ4n) is 2.16. The molecule has 2 N–H and O–H groups in total. The van der Waals surface area contributed by atoms with Gasteiger partial charge in [0.2, 0.25) is 5.91 Å². The van der Waals surface area contributed by atoms with E-state index in [4.69, 9.17) is 10.5 Å². The first-order valence-corrected chi connectivity index (χ1v) is 7.17. The van der Waals surface area contributed by atoms with E-state index in [9.17, 15) is 4.79 Å². The molecular weight excluding hydrogens is 252 g/mol. The number of para-hydroxylation sites is 1. The first-order valence-electron chi connectivity index (χ1n) is 7.17. The van der Waals surface area contributed by atoms with Crippen LogP contribution < -0.4 is 10.5 Å². The van der Waals surface area contributed by atoms with Gasteiger partial charge in [0.25, 0.3) is 0 Å². The third-order valence-electron chi connectivity index (χ3n) is 3.10. The molecule has 4 heteroatoms. The van der Waals surface area contributed by atoms with Crippen LogP contribution in [0, 0.1) is 5.92 Å². The lowest BCUT2D eigenvalue weighted by Crippen LogP contribution is -2.42. The lowest BCUT2D eigenvalue weighted by molar-refractivity contribution is -0.132. The van der Waals surface area contributed by atoms with Gasteiger partial charge in [0, 0.05) is 19.2 Å². The van der Waals surface area contributed by atoms with Crippen LogP contribution in [0.2, 0.25) is 0 Å². The minimum absolute atomic E-state index is 0.0231. The van der Waals surface area contributed by atoms with Gasteiger partial charge in [-0.25, -0.2) is 0 Å². The van der Waals surface area contributed by atoms with Crippen LogP contribution in [-0.4, -0.2) is 30.5 Å². The van der Waals surface area contributed by atoms with Gasteiger partial charge in [0.05, 0.1) is 12.6 Å². The van der Waals surface area contributed by atoms with Crippen LogP contribution in [0.25, 0.3) is 0 Å². The third kappa shape index (κ3) is 4.85. The Morgan fingerprint density at radius 1 is 1.35 bits per heavy atom. The van der Waals surface area contributed by atoms with E-state index in [0.29, 0.717) is 25.5 Å². The minimum Gasteiger partial charge on any atom is -0.494 e. The average molecular weight is 278 g/mol. The zero-order valence-electron chi connectivity index (χ0n) is 12.9. The van der Waals surface area contributed by atoms with Crippen LogP contribution in [0.1, 0.15) is 32.8 Å². The Morgan fingerprint density at radius 2 is 2.00 bits per heavy atom. The van der Waals surface area contributed by atoms with Crippen molar-refractivity contribution in [3.05, 3.63) is 29.8 Å². The molecule has 1 aromatic carbocycles. The van der Waals surface area contributed by atoms with E-state index in [0.717, 1.165) is 11.3 Å². The van der Waals surface area contributed by atoms with E-state index in [1.807, 2.05) is 31.2 Å². The molecule has 0 bridgehead atoms. The lowest BCUT2D eigenvalue weighted by Gasteiger charge is -2.23. The molecule has 20 heavy (non-hydrogen) atoms. The molecule has 0 aliphatic heterocycles. The van der Waals surface area contributed by atoms with Crippen molar-refractivity contribution >= 4 is 5.91 Å². The van der Waals surface area contributed by atoms with Crippen LogP contribution >= 0.6 is 0 Å². The van der Waals surface area contributed by atoms with E-state index in [1.165, 1.54) is 0 Å². The molecule has 1 atom stereocenters. The Morgan fingerprint density at radius 3 is 2.60 bits per heavy atom. The number of benzene rings is 1. The summed E-state index contributed by atoms with van der Waals surface area (Å²) in [6, 6.07) is 7.35. The SMILES string of the molecule is CCOc1ccccc1CN(C)C(=O)C(N)CC(C)C. The summed E-state index contributed by atoms with van der Waals surface area (Å²) in [5.41, 5.74) is 6.95. The molecule has 112 valence electrons. The number of rotatable bonds is 7. The number of nitrogens with zero attached hydrogens (tertiary/aromatic N) is 1. The van der Waals surface area contributed by atoms with Gasteiger partial charge in [0.15, 0.2) is 0 Å². The molecule has 0 aromatic heterocycles. The predicted octanol–water partition coefficient (Wildman–Crippen LogP) is 2.42. The summed E-state index contributed by atoms with van der Waals surface area (Å²) in [5, 5.41) is 0. The van der Waals surface area contributed by atoms with E-state index < -0.39 is 6.04 Å². The molecule has 0 heterocycles. The van der Waals surface area contributed by atoms with Crippen LogP contribution in [0.5, 0.6) is 5.75 Å². The Hall–Kier alpha value is -1.55. The summed E-state index contributed by atoms with van der Waals surface area (Å²) < 4.78 is 5.57. The Bertz CT molecular complexity index is 432. The van der Waals surface area contributed by atoms with E-state index in [1.54, 1.807) is 11.9 Å². The second-order valence-corrected chi connectivity index (χ2v) is 5.47. The third-order valence-corrected chi connectivity index (χ3v) is 3.10. The minimum atomic E-state index is -0.431. The molecule has 1 amide bonds. The number of hydrogen-bond donors (Lipinski definition) is 1. The summed E-state index contributed by atoms with van der Waals surface area (Å²) in [7, 11) is 1.78. The molecule has 0 aliphatic rings. The van der Waals surface area contributed by atoms with E-state index >= 15 is 0 Å². The monoisotopic (exact) mass is 278 g/mol. The summed E-state index contributed by atoms with van der Waals surface area (Å²) >= 11 is 0. The van der Waals surface area contributed by atoms with Gasteiger partial charge in [-0.3, -0.25) is 4.79 Å². The maximum absolute atomic E-state index is 12.2. The standard InChI is InChI=1S/C16H26N2O2/c1-5-20-15-9-7-6-8-13(15)11-18(4)16(19)14(17)10-12(2)3/h6-9,12,14H,5,10-11,17H2,1-4H3. The highest BCUT2D eigenvalue weighted by Crippen LogP contribution is 2.19. The van der Waals surface area contributed by atoms with Crippen molar-refractivity contribution in [1.82, 2.24) is 4.90 Å². The number of likely N-dealkylation sites (N-methyl/N-ethyl adjacent to an activating group) is 1. The second kappa shape index (κ2) is 7.90. The maximum atomic E-state index is 12.2. The van der Waals surface area contributed by atoms with Gasteiger partial charge in [-0.1, -0.05) is 32.0 Å². The van der Waals surface area contributed by atoms with Crippen LogP contribution in [0.4, 0.5) is 0 Å². The smallest absolute Gasteiger partial charge is 0.239 e. The van der Waals surface area contributed by atoms with Gasteiger partial charge >= 0.3 is 0 Å². The number of hydrogen-bond acceptors (Lipinski definition) is 3. The van der Waals surface area contributed by atoms with Crippen LogP contribution in [0.3, 0.4) is 0 Å². The molecule has 0 spiro atoms. The van der Waals surface area contributed by atoms with E-state index in [2.05, 4.69) is 13.8 Å². The molecule has 0 fully saturated rings. The topological polar surface area (TPSA) is 55.6 Å². The highest BCUT2D eigenvalue weighted by molar-refractivity contribution is 5.81. The largest absolute Gasteiger partial charge is 0.494 e. The summed E-state index contributed by atoms with van der Waals surface area (Å²) in [6.45, 7) is 7.21. The Labute approximate surface area is 121 Å². The highest BCUT2D eigenvalue weighted by Gasteiger charge is 2.20.